The number of nitrogens with zero attached hydrogens (tertiary/aromatic N) is 1. The van der Waals surface area contributed by atoms with Crippen LogP contribution in [-0.4, -0.2) is 16.3 Å². The number of rotatable bonds is 5. The summed E-state index contributed by atoms with van der Waals surface area (Å²) in [6, 6.07) is 12.0. The van der Waals surface area contributed by atoms with E-state index in [-0.39, 0.29) is 5.69 Å². The summed E-state index contributed by atoms with van der Waals surface area (Å²) < 4.78 is 6.33. The number of thioether (sulfide) groups is 1. The average molecular weight is 320 g/mol. The van der Waals surface area contributed by atoms with Crippen LogP contribution in [0.2, 0.25) is 0 Å². The Morgan fingerprint density at radius 2 is 2.19 bits per heavy atom. The molecule has 0 fully saturated rings. The van der Waals surface area contributed by atoms with Gasteiger partial charge in [0.05, 0.1) is 5.75 Å². The predicted molar refractivity (Wildman–Crippen MR) is 82.6 cm³/mol. The topological polar surface area (TPSA) is 75.4 Å². The molecule has 0 atom stereocenters. The van der Waals surface area contributed by atoms with Crippen molar-refractivity contribution in [3.63, 3.8) is 0 Å². The number of carbonyl (C=O) groups excluding carboxylic acids is 1. The van der Waals surface area contributed by atoms with Gasteiger partial charge in [0.25, 0.3) is 5.91 Å². The molecule has 0 unspecified atom stereocenters. The van der Waals surface area contributed by atoms with Crippen LogP contribution >= 0.6 is 23.1 Å². The fourth-order valence-corrected chi connectivity index (χ4v) is 3.97. The van der Waals surface area contributed by atoms with E-state index in [1.54, 1.807) is 23.1 Å². The first-order valence-corrected chi connectivity index (χ1v) is 8.18. The van der Waals surface area contributed by atoms with Gasteiger partial charge in [-0.15, -0.1) is 23.1 Å². The summed E-state index contributed by atoms with van der Waals surface area (Å²) in [4.78, 5) is 12.4. The van der Waals surface area contributed by atoms with Gasteiger partial charge in [-0.1, -0.05) is 23.4 Å². The van der Waals surface area contributed by atoms with Gasteiger partial charge < -0.3 is 4.52 Å². The number of aromatic nitrogens is 1. The third-order valence-electron chi connectivity index (χ3n) is 2.86. The van der Waals surface area contributed by atoms with Crippen molar-refractivity contribution in [1.82, 2.24) is 10.6 Å². The van der Waals surface area contributed by atoms with Crippen molar-refractivity contribution >= 4 is 39.1 Å². The first kappa shape index (κ1) is 14.1. The van der Waals surface area contributed by atoms with Gasteiger partial charge >= 0.3 is 0 Å². The predicted octanol–water partition coefficient (Wildman–Crippen LogP) is 3.44. The Balaban J connectivity index is 1.58. The third-order valence-corrected chi connectivity index (χ3v) is 5.16. The van der Waals surface area contributed by atoms with E-state index in [1.165, 1.54) is 26.5 Å². The second-order valence-electron chi connectivity index (χ2n) is 4.36. The lowest BCUT2D eigenvalue weighted by Gasteiger charge is -1.94. The van der Waals surface area contributed by atoms with Gasteiger partial charge in [0, 0.05) is 21.4 Å². The van der Waals surface area contributed by atoms with Crippen LogP contribution in [0.4, 0.5) is 0 Å². The lowest BCUT2D eigenvalue weighted by molar-refractivity contribution is 0.0696. The molecule has 0 saturated heterocycles. The van der Waals surface area contributed by atoms with Gasteiger partial charge in [-0.3, -0.25) is 10.0 Å². The third kappa shape index (κ3) is 3.26. The van der Waals surface area contributed by atoms with E-state index < -0.39 is 5.91 Å². The molecule has 0 spiro atoms. The normalized spacial score (nSPS) is 10.9. The first-order chi connectivity index (χ1) is 10.3. The van der Waals surface area contributed by atoms with Crippen LogP contribution in [0, 0.1) is 0 Å². The highest BCUT2D eigenvalue weighted by atomic mass is 32.2. The Bertz CT molecular complexity index is 733. The molecule has 0 saturated carbocycles. The molecular formula is C14H12N2O3S2. The van der Waals surface area contributed by atoms with Crippen molar-refractivity contribution in [2.75, 3.05) is 0 Å². The SMILES string of the molecule is O=C(NO)c1cc(CSCc2cc3ccccc3s2)on1. The largest absolute Gasteiger partial charge is 0.360 e. The minimum atomic E-state index is -0.667. The van der Waals surface area contributed by atoms with Crippen LogP contribution in [0.1, 0.15) is 21.1 Å². The molecule has 108 valence electrons. The highest BCUT2D eigenvalue weighted by Crippen LogP contribution is 2.29. The molecule has 1 amide bonds. The Morgan fingerprint density at radius 1 is 1.33 bits per heavy atom. The van der Waals surface area contributed by atoms with Crippen LogP contribution in [0.15, 0.2) is 40.9 Å². The van der Waals surface area contributed by atoms with Gasteiger partial charge in [-0.2, -0.15) is 0 Å². The summed E-state index contributed by atoms with van der Waals surface area (Å²) in [6.07, 6.45) is 0. The number of fused-ring (bicyclic) bond motifs is 1. The van der Waals surface area contributed by atoms with Crippen LogP contribution < -0.4 is 5.48 Å². The number of amides is 1. The van der Waals surface area contributed by atoms with E-state index >= 15 is 0 Å². The fourth-order valence-electron chi connectivity index (χ4n) is 1.91. The van der Waals surface area contributed by atoms with E-state index in [0.29, 0.717) is 11.5 Å². The van der Waals surface area contributed by atoms with Crippen LogP contribution in [0.25, 0.3) is 10.1 Å². The molecule has 2 aromatic heterocycles. The van der Waals surface area contributed by atoms with Crippen molar-refractivity contribution in [2.24, 2.45) is 0 Å². The monoisotopic (exact) mass is 320 g/mol. The number of thiophene rings is 1. The summed E-state index contributed by atoms with van der Waals surface area (Å²) in [6.45, 7) is 0. The van der Waals surface area contributed by atoms with Crippen molar-refractivity contribution in [3.05, 3.63) is 52.7 Å². The molecule has 5 nitrogen and oxygen atoms in total. The lowest BCUT2D eigenvalue weighted by atomic mass is 10.2. The van der Waals surface area contributed by atoms with Gasteiger partial charge in [0.2, 0.25) is 0 Å². The smallest absolute Gasteiger partial charge is 0.296 e. The molecule has 2 heterocycles. The maximum atomic E-state index is 11.1. The van der Waals surface area contributed by atoms with Crippen LogP contribution in [0.5, 0.6) is 0 Å². The fraction of sp³-hybridized carbons (Fsp3) is 0.143. The minimum absolute atomic E-state index is 0.0787. The molecule has 21 heavy (non-hydrogen) atoms. The summed E-state index contributed by atoms with van der Waals surface area (Å²) in [5.41, 5.74) is 1.60. The molecule has 0 aliphatic rings. The van der Waals surface area contributed by atoms with Crippen molar-refractivity contribution in [3.8, 4) is 0 Å². The maximum Gasteiger partial charge on any atom is 0.296 e. The van der Waals surface area contributed by atoms with Crippen molar-refractivity contribution < 1.29 is 14.5 Å². The molecule has 3 rings (SSSR count). The van der Waals surface area contributed by atoms with Crippen LogP contribution in [0.3, 0.4) is 0 Å². The van der Waals surface area contributed by atoms with E-state index in [1.807, 2.05) is 12.1 Å². The van der Waals surface area contributed by atoms with Crippen molar-refractivity contribution in [1.29, 1.82) is 0 Å². The summed E-state index contributed by atoms with van der Waals surface area (Å²) >= 11 is 3.47. The van der Waals surface area contributed by atoms with Gasteiger partial charge in [-0.05, 0) is 17.5 Å². The number of hydrogen-bond donors (Lipinski definition) is 2. The Labute approximate surface area is 128 Å². The van der Waals surface area contributed by atoms with Gasteiger partial charge in [-0.25, -0.2) is 5.48 Å². The van der Waals surface area contributed by atoms with Gasteiger partial charge in [0.1, 0.15) is 5.76 Å². The first-order valence-electron chi connectivity index (χ1n) is 6.21. The molecule has 3 aromatic rings. The molecule has 0 radical (unpaired) electrons. The highest BCUT2D eigenvalue weighted by Gasteiger charge is 2.11. The summed E-state index contributed by atoms with van der Waals surface area (Å²) in [7, 11) is 0. The van der Waals surface area contributed by atoms with Crippen LogP contribution in [-0.2, 0) is 11.5 Å². The zero-order valence-electron chi connectivity index (χ0n) is 10.9. The van der Waals surface area contributed by atoms with E-state index in [9.17, 15) is 4.79 Å². The quantitative estimate of drug-likeness (QED) is 0.556. The number of hydrogen-bond acceptors (Lipinski definition) is 6. The van der Waals surface area contributed by atoms with E-state index in [2.05, 4.69) is 23.4 Å². The van der Waals surface area contributed by atoms with Gasteiger partial charge in [0.15, 0.2) is 5.69 Å². The second kappa shape index (κ2) is 6.30. The molecule has 0 bridgehead atoms. The summed E-state index contributed by atoms with van der Waals surface area (Å²) in [5.74, 6) is 1.45. The zero-order valence-corrected chi connectivity index (χ0v) is 12.5. The molecular weight excluding hydrogens is 308 g/mol. The number of carbonyl (C=O) groups is 1. The highest BCUT2D eigenvalue weighted by molar-refractivity contribution is 7.97. The Morgan fingerprint density at radius 3 is 3.00 bits per heavy atom. The molecule has 1 aromatic carbocycles. The summed E-state index contributed by atoms with van der Waals surface area (Å²) in [5, 5.41) is 13.4. The molecule has 7 heteroatoms. The van der Waals surface area contributed by atoms with Crippen molar-refractivity contribution in [2.45, 2.75) is 11.5 Å². The molecule has 2 N–H and O–H groups in total. The number of nitrogens with one attached hydrogen (secondary N) is 1. The molecule has 0 aliphatic carbocycles. The lowest BCUT2D eigenvalue weighted by Crippen LogP contribution is -2.18. The Kier molecular flexibility index (Phi) is 4.23. The number of benzene rings is 1. The maximum absolute atomic E-state index is 11.1. The standard InChI is InChI=1S/C14H12N2O3S2/c17-14(15-18)12-6-10(19-16-12)7-20-8-11-5-9-3-1-2-4-13(9)21-11/h1-6,18H,7-8H2,(H,15,17). The Hall–Kier alpha value is -1.83. The van der Waals surface area contributed by atoms with E-state index in [4.69, 9.17) is 9.73 Å². The zero-order chi connectivity index (χ0) is 14.7. The van der Waals surface area contributed by atoms with E-state index in [0.717, 1.165) is 5.75 Å². The molecule has 0 aliphatic heterocycles. The second-order valence-corrected chi connectivity index (χ2v) is 6.52. The average Bonchev–Trinajstić information content (AvgIpc) is 3.12. The number of hydroxylamine groups is 1. The minimum Gasteiger partial charge on any atom is -0.360 e.